The summed E-state index contributed by atoms with van der Waals surface area (Å²) in [5, 5.41) is 11.5. The van der Waals surface area contributed by atoms with Gasteiger partial charge >= 0.3 is 0 Å². The number of hydrogen-bond acceptors (Lipinski definition) is 6. The standard InChI is InChI=1S/C21H18ClN5O2S/c1-12-10-24-18(25-12)13-2-4-14(5-3-13)19(28)27-21-16(8-9-30-21)20(29)26-17-7-6-15(22)11-23-17/h2-9,11-12H,10H2,1H3,(H,24,25)(H,27,28)(H,23,26,29). The molecule has 2 aromatic heterocycles. The molecule has 3 N–H and O–H groups in total. The molecular weight excluding hydrogens is 422 g/mol. The van der Waals surface area contributed by atoms with Gasteiger partial charge in [0.1, 0.15) is 16.7 Å². The summed E-state index contributed by atoms with van der Waals surface area (Å²) >= 11 is 7.08. The number of carbonyl (C=O) groups excluding carboxylic acids is 2. The van der Waals surface area contributed by atoms with E-state index in [-0.39, 0.29) is 11.8 Å². The van der Waals surface area contributed by atoms with Crippen molar-refractivity contribution in [1.82, 2.24) is 10.3 Å². The second kappa shape index (κ2) is 8.64. The van der Waals surface area contributed by atoms with Gasteiger partial charge in [-0.25, -0.2) is 4.98 Å². The predicted molar refractivity (Wildman–Crippen MR) is 120 cm³/mol. The maximum absolute atomic E-state index is 12.7. The number of benzene rings is 1. The smallest absolute Gasteiger partial charge is 0.259 e. The van der Waals surface area contributed by atoms with Gasteiger partial charge in [0.15, 0.2) is 0 Å². The van der Waals surface area contributed by atoms with Crippen molar-refractivity contribution < 1.29 is 9.59 Å². The summed E-state index contributed by atoms with van der Waals surface area (Å²) in [6.07, 6.45) is 1.45. The van der Waals surface area contributed by atoms with Gasteiger partial charge in [-0.1, -0.05) is 23.7 Å². The van der Waals surface area contributed by atoms with Crippen molar-refractivity contribution in [2.45, 2.75) is 13.0 Å². The van der Waals surface area contributed by atoms with Crippen LogP contribution in [0, 0.1) is 0 Å². The molecule has 2 amide bonds. The number of aromatic nitrogens is 1. The van der Waals surface area contributed by atoms with E-state index in [9.17, 15) is 9.59 Å². The molecule has 0 fully saturated rings. The molecule has 3 heterocycles. The maximum Gasteiger partial charge on any atom is 0.259 e. The number of amides is 2. The molecule has 152 valence electrons. The molecule has 0 spiro atoms. The van der Waals surface area contributed by atoms with Crippen LogP contribution in [-0.4, -0.2) is 35.2 Å². The fraction of sp³-hybridized carbons (Fsp3) is 0.143. The molecule has 3 aromatic rings. The molecule has 0 radical (unpaired) electrons. The van der Waals surface area contributed by atoms with Crippen LogP contribution in [0.2, 0.25) is 5.02 Å². The Kier molecular flexibility index (Phi) is 5.78. The lowest BCUT2D eigenvalue weighted by atomic mass is 10.1. The number of hydrogen-bond donors (Lipinski definition) is 3. The number of amidine groups is 1. The van der Waals surface area contributed by atoms with Gasteiger partial charge in [0.25, 0.3) is 11.8 Å². The Labute approximate surface area is 182 Å². The van der Waals surface area contributed by atoms with E-state index < -0.39 is 0 Å². The third-order valence-electron chi connectivity index (χ3n) is 4.43. The molecule has 7 nitrogen and oxygen atoms in total. The molecule has 30 heavy (non-hydrogen) atoms. The molecule has 1 aliphatic heterocycles. The van der Waals surface area contributed by atoms with E-state index in [0.717, 1.165) is 17.9 Å². The number of nitrogens with zero attached hydrogens (tertiary/aromatic N) is 2. The minimum absolute atomic E-state index is 0.294. The predicted octanol–water partition coefficient (Wildman–Crippen LogP) is 4.04. The Hall–Kier alpha value is -3.23. The summed E-state index contributed by atoms with van der Waals surface area (Å²) in [6.45, 7) is 2.81. The average Bonchev–Trinajstić information content (AvgIpc) is 3.39. The molecule has 4 rings (SSSR count). The van der Waals surface area contributed by atoms with Gasteiger partial charge < -0.3 is 16.0 Å². The highest BCUT2D eigenvalue weighted by molar-refractivity contribution is 7.14. The molecule has 0 saturated heterocycles. The lowest BCUT2D eigenvalue weighted by Gasteiger charge is -2.09. The first kappa shape index (κ1) is 20.1. The first-order chi connectivity index (χ1) is 14.5. The summed E-state index contributed by atoms with van der Waals surface area (Å²) in [6, 6.07) is 12.4. The first-order valence-corrected chi connectivity index (χ1v) is 10.5. The number of carbonyl (C=O) groups is 2. The first-order valence-electron chi connectivity index (χ1n) is 9.23. The Bertz CT molecular complexity index is 1110. The van der Waals surface area contributed by atoms with E-state index in [4.69, 9.17) is 11.6 Å². The lowest BCUT2D eigenvalue weighted by molar-refractivity contribution is 0.102. The average molecular weight is 440 g/mol. The van der Waals surface area contributed by atoms with Crippen LogP contribution in [0.4, 0.5) is 10.8 Å². The Morgan fingerprint density at radius 2 is 1.90 bits per heavy atom. The zero-order valence-corrected chi connectivity index (χ0v) is 17.6. The Morgan fingerprint density at radius 1 is 1.10 bits per heavy atom. The Morgan fingerprint density at radius 3 is 2.57 bits per heavy atom. The highest BCUT2D eigenvalue weighted by Crippen LogP contribution is 2.25. The number of pyridine rings is 1. The molecule has 1 aromatic carbocycles. The van der Waals surface area contributed by atoms with Gasteiger partial charge in [-0.2, -0.15) is 0 Å². The summed E-state index contributed by atoms with van der Waals surface area (Å²) < 4.78 is 0. The number of thiophene rings is 1. The fourth-order valence-corrected chi connectivity index (χ4v) is 3.79. The fourth-order valence-electron chi connectivity index (χ4n) is 2.90. The quantitative estimate of drug-likeness (QED) is 0.559. The zero-order valence-electron chi connectivity index (χ0n) is 16.0. The van der Waals surface area contributed by atoms with Gasteiger partial charge in [0.05, 0.1) is 17.1 Å². The van der Waals surface area contributed by atoms with Gasteiger partial charge in [0.2, 0.25) is 0 Å². The van der Waals surface area contributed by atoms with Crippen molar-refractivity contribution in [3.05, 3.63) is 75.8 Å². The van der Waals surface area contributed by atoms with Gasteiger partial charge in [-0.3, -0.25) is 14.6 Å². The molecule has 1 atom stereocenters. The summed E-state index contributed by atoms with van der Waals surface area (Å²) in [7, 11) is 0. The Balaban J connectivity index is 1.43. The second-order valence-electron chi connectivity index (χ2n) is 6.75. The van der Waals surface area contributed by atoms with E-state index in [1.54, 1.807) is 35.7 Å². The van der Waals surface area contributed by atoms with Crippen molar-refractivity contribution in [3.8, 4) is 0 Å². The van der Waals surface area contributed by atoms with Crippen LogP contribution in [0.3, 0.4) is 0 Å². The molecule has 1 aliphatic rings. The molecule has 1 unspecified atom stereocenters. The number of rotatable bonds is 5. The van der Waals surface area contributed by atoms with E-state index in [1.165, 1.54) is 17.5 Å². The summed E-state index contributed by atoms with van der Waals surface area (Å²) in [5.41, 5.74) is 1.78. The van der Waals surface area contributed by atoms with Crippen LogP contribution >= 0.6 is 22.9 Å². The number of nitrogens with one attached hydrogen (secondary N) is 3. The normalized spacial score (nSPS) is 15.3. The monoisotopic (exact) mass is 439 g/mol. The van der Waals surface area contributed by atoms with Crippen LogP contribution in [-0.2, 0) is 0 Å². The highest BCUT2D eigenvalue weighted by atomic mass is 35.5. The van der Waals surface area contributed by atoms with E-state index in [2.05, 4.69) is 32.9 Å². The molecule has 9 heteroatoms. The maximum atomic E-state index is 12.7. The zero-order chi connectivity index (χ0) is 21.1. The third-order valence-corrected chi connectivity index (χ3v) is 5.49. The minimum atomic E-state index is -0.365. The van der Waals surface area contributed by atoms with Crippen LogP contribution < -0.4 is 16.0 Å². The topological polar surface area (TPSA) is 95.5 Å². The molecule has 0 aliphatic carbocycles. The van der Waals surface area contributed by atoms with Gasteiger partial charge in [-0.05, 0) is 42.6 Å². The minimum Gasteiger partial charge on any atom is -0.366 e. The van der Waals surface area contributed by atoms with Crippen LogP contribution in [0.15, 0.2) is 59.0 Å². The van der Waals surface area contributed by atoms with Crippen molar-refractivity contribution in [2.24, 2.45) is 4.99 Å². The van der Waals surface area contributed by atoms with Crippen LogP contribution in [0.5, 0.6) is 0 Å². The molecule has 0 bridgehead atoms. The second-order valence-corrected chi connectivity index (χ2v) is 8.10. The van der Waals surface area contributed by atoms with Crippen molar-refractivity contribution in [3.63, 3.8) is 0 Å². The molecular formula is C21H18ClN5O2S. The van der Waals surface area contributed by atoms with Crippen molar-refractivity contribution >= 4 is 51.4 Å². The molecule has 0 saturated carbocycles. The van der Waals surface area contributed by atoms with Crippen molar-refractivity contribution in [2.75, 3.05) is 17.2 Å². The SMILES string of the molecule is CC1CN=C(c2ccc(C(=O)Nc3sccc3C(=O)Nc3ccc(Cl)cn3)cc2)N1. The highest BCUT2D eigenvalue weighted by Gasteiger charge is 2.18. The lowest BCUT2D eigenvalue weighted by Crippen LogP contribution is -2.27. The van der Waals surface area contributed by atoms with E-state index in [0.29, 0.717) is 33.0 Å². The number of aliphatic imine (C=N–C) groups is 1. The van der Waals surface area contributed by atoms with Gasteiger partial charge in [-0.15, -0.1) is 11.3 Å². The number of halogens is 1. The third kappa shape index (κ3) is 4.50. The van der Waals surface area contributed by atoms with Crippen LogP contribution in [0.25, 0.3) is 0 Å². The summed E-state index contributed by atoms with van der Waals surface area (Å²) in [4.78, 5) is 33.7. The van der Waals surface area contributed by atoms with Gasteiger partial charge in [0, 0.05) is 23.4 Å². The van der Waals surface area contributed by atoms with E-state index >= 15 is 0 Å². The van der Waals surface area contributed by atoms with Crippen LogP contribution in [0.1, 0.15) is 33.2 Å². The number of anilines is 2. The van der Waals surface area contributed by atoms with Crippen molar-refractivity contribution in [1.29, 1.82) is 0 Å². The summed E-state index contributed by atoms with van der Waals surface area (Å²) in [5.74, 6) is 0.553. The van der Waals surface area contributed by atoms with E-state index in [1.807, 2.05) is 12.1 Å². The largest absolute Gasteiger partial charge is 0.366 e.